The van der Waals surface area contributed by atoms with Crippen molar-refractivity contribution in [3.05, 3.63) is 45.5 Å². The summed E-state index contributed by atoms with van der Waals surface area (Å²) in [7, 11) is 0. The van der Waals surface area contributed by atoms with E-state index in [1.165, 1.54) is 32.1 Å². The summed E-state index contributed by atoms with van der Waals surface area (Å²) in [6, 6.07) is 0. The van der Waals surface area contributed by atoms with E-state index in [1.54, 1.807) is 13.8 Å². The monoisotopic (exact) mass is 809 g/mol. The number of carboxylic acids is 1. The van der Waals surface area contributed by atoms with Crippen LogP contribution in [0.5, 0.6) is 0 Å². The molecule has 0 aromatic carbocycles. The van der Waals surface area contributed by atoms with Crippen LogP contribution in [0.25, 0.3) is 0 Å². The SMILES string of the molecule is C/C=C/C(=O)[C@@]1(O)C[C@@H]2C[C@H](C(=O)O)C[C@H](C)[C@H]2[C@@H]1C(=O)[C@]12C(=O)NC(=O)[C@@]1(CCCCCC)[C@]21C(=O)C(Cl)=C([C@H]2[C@H](C)[C@@]23C(=O)C(Cl)=C(/C=C/C)C3=O)C1=O. The van der Waals surface area contributed by atoms with E-state index in [4.69, 9.17) is 23.2 Å². The molecule has 0 aromatic rings. The van der Waals surface area contributed by atoms with Gasteiger partial charge >= 0.3 is 5.97 Å². The van der Waals surface area contributed by atoms with Gasteiger partial charge in [0.2, 0.25) is 11.8 Å². The van der Waals surface area contributed by atoms with Crippen molar-refractivity contribution in [1.82, 2.24) is 5.32 Å². The molecule has 1 aliphatic heterocycles. The summed E-state index contributed by atoms with van der Waals surface area (Å²) in [6.45, 7) is 8.33. The highest BCUT2D eigenvalue weighted by Crippen LogP contribution is 2.88. The Morgan fingerprint density at radius 1 is 0.875 bits per heavy atom. The van der Waals surface area contributed by atoms with Crippen molar-refractivity contribution >= 4 is 75.7 Å². The minimum Gasteiger partial charge on any atom is -0.481 e. The molecule has 0 aromatic heterocycles. The van der Waals surface area contributed by atoms with Gasteiger partial charge in [0.25, 0.3) is 0 Å². The molecule has 2 amide bonds. The van der Waals surface area contributed by atoms with Crippen LogP contribution in [0.15, 0.2) is 45.5 Å². The number of aliphatic hydroxyl groups is 1. The van der Waals surface area contributed by atoms with Crippen LogP contribution >= 0.6 is 23.2 Å². The minimum absolute atomic E-state index is 0.0237. The fraction of sp³-hybridized carbons (Fsp3) is 0.595. The number of halogens is 2. The molecule has 12 nitrogen and oxygen atoms in total. The van der Waals surface area contributed by atoms with E-state index in [9.17, 15) is 39.0 Å². The van der Waals surface area contributed by atoms with Crippen LogP contribution in [-0.4, -0.2) is 68.3 Å². The van der Waals surface area contributed by atoms with Crippen LogP contribution < -0.4 is 5.32 Å². The summed E-state index contributed by atoms with van der Waals surface area (Å²) in [5, 5.41) is 23.6. The molecule has 6 aliphatic carbocycles. The molecular formula is C42H45Cl2NO11. The molecule has 298 valence electrons. The van der Waals surface area contributed by atoms with Crippen molar-refractivity contribution in [2.45, 2.75) is 91.6 Å². The zero-order chi connectivity index (χ0) is 41.2. The maximum absolute atomic E-state index is 15.9. The van der Waals surface area contributed by atoms with Gasteiger partial charge in [0.15, 0.2) is 34.7 Å². The van der Waals surface area contributed by atoms with E-state index in [2.05, 4.69) is 5.32 Å². The number of carboxylic acid groups (broad SMARTS) is 1. The van der Waals surface area contributed by atoms with Crippen molar-refractivity contribution in [2.75, 3.05) is 0 Å². The highest BCUT2D eigenvalue weighted by atomic mass is 35.5. The number of piperidine rings is 1. The normalized spacial score (nSPS) is 42.6. The Kier molecular flexibility index (Phi) is 9.42. The van der Waals surface area contributed by atoms with E-state index < -0.39 is 132 Å². The molecular weight excluding hydrogens is 765 g/mol. The van der Waals surface area contributed by atoms with E-state index in [-0.39, 0.29) is 42.7 Å². The minimum atomic E-state index is -2.74. The maximum Gasteiger partial charge on any atom is 0.306 e. The van der Waals surface area contributed by atoms with Gasteiger partial charge in [-0.2, -0.15) is 0 Å². The van der Waals surface area contributed by atoms with Crippen LogP contribution in [0.1, 0.15) is 86.0 Å². The molecule has 5 fully saturated rings. The molecule has 0 bridgehead atoms. The van der Waals surface area contributed by atoms with Crippen LogP contribution in [0.2, 0.25) is 0 Å². The number of fused-ring (bicyclic) bond motifs is 4. The molecule has 0 radical (unpaired) electrons. The lowest BCUT2D eigenvalue weighted by molar-refractivity contribution is -0.155. The fourth-order valence-electron chi connectivity index (χ4n) is 12.7. The average Bonchev–Trinajstić information content (AvgIpc) is 3.76. The maximum atomic E-state index is 15.9. The number of rotatable bonds is 12. The van der Waals surface area contributed by atoms with Gasteiger partial charge in [-0.3, -0.25) is 48.5 Å². The van der Waals surface area contributed by atoms with Gasteiger partial charge in [-0.25, -0.2) is 0 Å². The number of Topliss-reactive ketones (excluding diaryl/α,β-unsaturated/α-hetero) is 5. The van der Waals surface area contributed by atoms with Gasteiger partial charge in [-0.05, 0) is 69.3 Å². The molecule has 56 heavy (non-hydrogen) atoms. The van der Waals surface area contributed by atoms with Gasteiger partial charge in [-0.1, -0.05) is 87.9 Å². The van der Waals surface area contributed by atoms with Crippen LogP contribution in [-0.2, 0) is 43.2 Å². The van der Waals surface area contributed by atoms with Gasteiger partial charge in [0.05, 0.1) is 27.3 Å². The third kappa shape index (κ3) is 4.33. The first-order chi connectivity index (χ1) is 26.3. The lowest BCUT2D eigenvalue weighted by Gasteiger charge is -2.39. The number of imide groups is 1. The predicted octanol–water partition coefficient (Wildman–Crippen LogP) is 4.53. The molecule has 3 N–H and O–H groups in total. The molecule has 4 saturated carbocycles. The highest BCUT2D eigenvalue weighted by molar-refractivity contribution is 6.57. The quantitative estimate of drug-likeness (QED) is 0.108. The summed E-state index contributed by atoms with van der Waals surface area (Å²) < 4.78 is 0. The van der Waals surface area contributed by atoms with E-state index in [0.29, 0.717) is 12.8 Å². The largest absolute Gasteiger partial charge is 0.481 e. The number of aliphatic carboxylic acids is 1. The highest BCUT2D eigenvalue weighted by Gasteiger charge is 3.05. The van der Waals surface area contributed by atoms with Gasteiger partial charge in [-0.15, -0.1) is 0 Å². The fourth-order valence-corrected chi connectivity index (χ4v) is 13.3. The predicted molar refractivity (Wildman–Crippen MR) is 199 cm³/mol. The third-order valence-corrected chi connectivity index (χ3v) is 15.6. The number of carbonyl (C=O) groups is 9. The molecule has 1 saturated heterocycles. The van der Waals surface area contributed by atoms with Crippen LogP contribution in [0.4, 0.5) is 0 Å². The van der Waals surface area contributed by atoms with E-state index in [1.807, 2.05) is 6.92 Å². The Hall–Kier alpha value is -3.87. The van der Waals surface area contributed by atoms with E-state index >= 15 is 14.4 Å². The van der Waals surface area contributed by atoms with Crippen molar-refractivity contribution in [2.24, 2.45) is 63.1 Å². The van der Waals surface area contributed by atoms with Crippen LogP contribution in [0.3, 0.4) is 0 Å². The average molecular weight is 811 g/mol. The number of unbranched alkanes of at least 4 members (excludes halogenated alkanes) is 3. The summed E-state index contributed by atoms with van der Waals surface area (Å²) in [4.78, 5) is 129. The standard InChI is InChI=1S/C42H45Cl2NO11/c1-6-9-10-11-14-39-36(54)45-37(55)42(39,32(49)27-24-18(4)15-20(35(52)53)16-21(24)17-38(27,56)23(46)13-8-3)41(39)31(48)25(29(44)34(41)51)26-19(5)40(26)30(47)22(12-7-2)28(43)33(40)50/h7-8,12-13,18-21,24,26-27,56H,6,9-11,14-17H2,1-5H3,(H,52,53)(H,45,54,55)/b12-7+,13-8+/t18-,19-,20+,21-,24+,26+,27+,38-,39-,40+,41-,42-/m0/s1. The summed E-state index contributed by atoms with van der Waals surface area (Å²) in [5.41, 5.74) is -12.6. The Labute approximate surface area is 333 Å². The summed E-state index contributed by atoms with van der Waals surface area (Å²) in [5.74, 6) is -15.8. The van der Waals surface area contributed by atoms with Crippen molar-refractivity contribution in [3.63, 3.8) is 0 Å². The van der Waals surface area contributed by atoms with Crippen LogP contribution in [0, 0.1) is 63.1 Å². The molecule has 12 atom stereocenters. The number of ketones is 6. The number of amides is 2. The van der Waals surface area contributed by atoms with E-state index in [0.717, 1.165) is 12.5 Å². The number of nitrogens with one attached hydrogen (secondary N) is 1. The smallest absolute Gasteiger partial charge is 0.306 e. The topological polar surface area (TPSA) is 206 Å². The third-order valence-electron chi connectivity index (χ3n) is 14.8. The van der Waals surface area contributed by atoms with Gasteiger partial charge in [0.1, 0.15) is 21.8 Å². The molecule has 2 spiro atoms. The molecule has 7 rings (SSSR count). The Morgan fingerprint density at radius 2 is 1.55 bits per heavy atom. The second-order valence-corrected chi connectivity index (χ2v) is 17.8. The first kappa shape index (κ1) is 40.3. The Bertz CT molecular complexity index is 2100. The molecule has 1 heterocycles. The second kappa shape index (κ2) is 13.1. The lowest BCUT2D eigenvalue weighted by atomic mass is 9.63. The first-order valence-corrected chi connectivity index (χ1v) is 20.2. The Morgan fingerprint density at radius 3 is 2.16 bits per heavy atom. The number of allylic oxidation sites excluding steroid dienone is 7. The number of hydrogen-bond acceptors (Lipinski definition) is 10. The van der Waals surface area contributed by atoms with Gasteiger partial charge in [0, 0.05) is 17.1 Å². The Balaban J connectivity index is 1.41. The second-order valence-electron chi connectivity index (χ2n) is 17.1. The molecule has 14 heteroatoms. The van der Waals surface area contributed by atoms with Crippen molar-refractivity contribution in [1.29, 1.82) is 0 Å². The number of hydrogen-bond donors (Lipinski definition) is 3. The van der Waals surface area contributed by atoms with Crippen molar-refractivity contribution in [3.8, 4) is 0 Å². The summed E-state index contributed by atoms with van der Waals surface area (Å²) >= 11 is 13.2. The zero-order valence-electron chi connectivity index (χ0n) is 31.8. The lowest BCUT2D eigenvalue weighted by Crippen LogP contribution is -2.54. The number of carbonyl (C=O) groups excluding carboxylic acids is 8. The molecule has 0 unspecified atom stereocenters. The van der Waals surface area contributed by atoms with Crippen molar-refractivity contribution < 1.29 is 53.4 Å². The summed E-state index contributed by atoms with van der Waals surface area (Å²) in [6.07, 6.45) is 7.03. The first-order valence-electron chi connectivity index (χ1n) is 19.5. The molecule has 7 aliphatic rings. The zero-order valence-corrected chi connectivity index (χ0v) is 33.3. The van der Waals surface area contributed by atoms with Gasteiger partial charge < -0.3 is 10.2 Å².